The molecule has 2 aliphatic rings. The lowest BCUT2D eigenvalue weighted by Gasteiger charge is -2.34. The van der Waals surface area contributed by atoms with Crippen molar-refractivity contribution in [1.29, 1.82) is 0 Å². The number of morpholine rings is 1. The van der Waals surface area contributed by atoms with Gasteiger partial charge < -0.3 is 15.0 Å². The van der Waals surface area contributed by atoms with Crippen molar-refractivity contribution in [3.63, 3.8) is 0 Å². The molecule has 1 amide bonds. The number of aryl methyl sites for hydroxylation is 1. The largest absolute Gasteiger partial charge is 0.436 e. The molecule has 0 aliphatic carbocycles. The Morgan fingerprint density at radius 2 is 2.13 bits per heavy atom. The molecule has 1 atom stereocenters. The van der Waals surface area contributed by atoms with Gasteiger partial charge in [0.2, 0.25) is 0 Å². The van der Waals surface area contributed by atoms with Gasteiger partial charge in [-0.05, 0) is 30.7 Å². The molecule has 0 spiro atoms. The first-order valence-corrected chi connectivity index (χ1v) is 10.5. The fraction of sp³-hybridized carbons (Fsp3) is 0.429. The fourth-order valence-electron chi connectivity index (χ4n) is 4.18. The van der Waals surface area contributed by atoms with Gasteiger partial charge in [-0.15, -0.1) is 5.10 Å². The molecule has 2 aliphatic heterocycles. The van der Waals surface area contributed by atoms with Gasteiger partial charge in [0, 0.05) is 50.0 Å². The average Bonchev–Trinajstić information content (AvgIpc) is 3.20. The zero-order valence-electron chi connectivity index (χ0n) is 17.4. The van der Waals surface area contributed by atoms with Crippen LogP contribution in [0.15, 0.2) is 36.9 Å². The van der Waals surface area contributed by atoms with E-state index in [9.17, 15) is 4.79 Å². The number of carbonyl (C=O) groups is 1. The van der Waals surface area contributed by atoms with E-state index in [4.69, 9.17) is 9.57 Å². The van der Waals surface area contributed by atoms with E-state index in [2.05, 4.69) is 38.3 Å². The molecule has 162 valence electrons. The Labute approximate surface area is 179 Å². The van der Waals surface area contributed by atoms with E-state index in [1.54, 1.807) is 17.3 Å². The SMILES string of the molecule is Cc1cc2cnn(OC(=O)N3CCNCC3c3ccncn3)c2cc1N1CCOCC1. The van der Waals surface area contributed by atoms with Crippen LogP contribution < -0.4 is 15.1 Å². The second-order valence-corrected chi connectivity index (χ2v) is 7.72. The minimum atomic E-state index is -0.455. The topological polar surface area (TPSA) is 97.6 Å². The summed E-state index contributed by atoms with van der Waals surface area (Å²) in [5.41, 5.74) is 3.80. The number of hydrogen-bond donors (Lipinski definition) is 1. The van der Waals surface area contributed by atoms with Crippen molar-refractivity contribution >= 4 is 22.7 Å². The molecule has 0 saturated carbocycles. The molecular formula is C21H25N7O3. The van der Waals surface area contributed by atoms with Gasteiger partial charge in [-0.3, -0.25) is 9.74 Å². The van der Waals surface area contributed by atoms with Crippen LogP contribution in [0.1, 0.15) is 17.3 Å². The molecule has 2 aromatic heterocycles. The zero-order valence-corrected chi connectivity index (χ0v) is 17.4. The number of aromatic nitrogens is 4. The van der Waals surface area contributed by atoms with Crippen molar-refractivity contribution in [3.05, 3.63) is 48.2 Å². The summed E-state index contributed by atoms with van der Waals surface area (Å²) in [7, 11) is 0. The fourth-order valence-corrected chi connectivity index (χ4v) is 4.18. The number of nitrogens with one attached hydrogen (secondary N) is 1. The number of fused-ring (bicyclic) bond motifs is 1. The first-order chi connectivity index (χ1) is 15.2. The Morgan fingerprint density at radius 3 is 2.94 bits per heavy atom. The van der Waals surface area contributed by atoms with Crippen molar-refractivity contribution in [2.45, 2.75) is 13.0 Å². The molecular weight excluding hydrogens is 398 g/mol. The summed E-state index contributed by atoms with van der Waals surface area (Å²) in [4.78, 5) is 32.4. The highest BCUT2D eigenvalue weighted by Crippen LogP contribution is 2.27. The van der Waals surface area contributed by atoms with Gasteiger partial charge in [-0.25, -0.2) is 14.8 Å². The van der Waals surface area contributed by atoms with Crippen LogP contribution in [0.2, 0.25) is 0 Å². The molecule has 2 fully saturated rings. The van der Waals surface area contributed by atoms with Crippen LogP contribution in [0.25, 0.3) is 10.9 Å². The standard InChI is InChI=1S/C21H25N7O3/c1-15-10-16-12-25-28(19(16)11-18(15)26-6-8-30-9-7-26)31-21(29)27-5-4-22-13-20(27)17-2-3-23-14-24-17/h2-3,10-12,14,20,22H,4-9,13H2,1H3. The summed E-state index contributed by atoms with van der Waals surface area (Å²) in [6, 6.07) is 5.71. The van der Waals surface area contributed by atoms with E-state index >= 15 is 0 Å². The van der Waals surface area contributed by atoms with Crippen molar-refractivity contribution < 1.29 is 14.4 Å². The maximum absolute atomic E-state index is 13.1. The van der Waals surface area contributed by atoms with Gasteiger partial charge >= 0.3 is 6.09 Å². The molecule has 5 rings (SSSR count). The van der Waals surface area contributed by atoms with E-state index in [-0.39, 0.29) is 6.04 Å². The van der Waals surface area contributed by atoms with Gasteiger partial charge in [0.25, 0.3) is 0 Å². The monoisotopic (exact) mass is 423 g/mol. The van der Waals surface area contributed by atoms with Crippen molar-refractivity contribution in [3.8, 4) is 0 Å². The average molecular weight is 423 g/mol. The molecule has 1 N–H and O–H groups in total. The quantitative estimate of drug-likeness (QED) is 0.671. The zero-order chi connectivity index (χ0) is 21.2. The molecule has 10 nitrogen and oxygen atoms in total. The molecule has 4 heterocycles. The predicted molar refractivity (Wildman–Crippen MR) is 114 cm³/mol. The summed E-state index contributed by atoms with van der Waals surface area (Å²) in [5, 5.41) is 8.55. The van der Waals surface area contributed by atoms with Gasteiger partial charge in [0.05, 0.1) is 31.1 Å². The molecule has 31 heavy (non-hydrogen) atoms. The first-order valence-electron chi connectivity index (χ1n) is 10.5. The molecule has 2 saturated heterocycles. The molecule has 0 radical (unpaired) electrons. The number of nitrogens with zero attached hydrogens (tertiary/aromatic N) is 6. The number of hydrogen-bond acceptors (Lipinski definition) is 8. The van der Waals surface area contributed by atoms with Crippen molar-refractivity contribution in [2.75, 3.05) is 50.8 Å². The smallest absolute Gasteiger partial charge is 0.378 e. The van der Waals surface area contributed by atoms with Crippen LogP contribution in [0.4, 0.5) is 10.5 Å². The maximum atomic E-state index is 13.1. The lowest BCUT2D eigenvalue weighted by atomic mass is 10.1. The third-order valence-electron chi connectivity index (χ3n) is 5.79. The lowest BCUT2D eigenvalue weighted by molar-refractivity contribution is 0.0616. The second-order valence-electron chi connectivity index (χ2n) is 7.72. The van der Waals surface area contributed by atoms with Crippen molar-refractivity contribution in [1.82, 2.24) is 30.1 Å². The van der Waals surface area contributed by atoms with Crippen molar-refractivity contribution in [2.24, 2.45) is 0 Å². The van der Waals surface area contributed by atoms with Gasteiger partial charge in [-0.1, -0.05) is 4.85 Å². The number of carbonyl (C=O) groups excluding carboxylic acids is 1. The molecule has 10 heteroatoms. The van der Waals surface area contributed by atoms with Crippen LogP contribution in [0.3, 0.4) is 0 Å². The summed E-state index contributed by atoms with van der Waals surface area (Å²) in [5.74, 6) is 0. The number of benzene rings is 1. The minimum absolute atomic E-state index is 0.225. The first kappa shape index (κ1) is 19.7. The Hall–Kier alpha value is -3.24. The predicted octanol–water partition coefficient (Wildman–Crippen LogP) is 1.17. The van der Waals surface area contributed by atoms with E-state index in [1.807, 2.05) is 12.1 Å². The number of amides is 1. The molecule has 3 aromatic rings. The van der Waals surface area contributed by atoms with Crippen LogP contribution >= 0.6 is 0 Å². The highest BCUT2D eigenvalue weighted by Gasteiger charge is 2.31. The number of piperazine rings is 1. The number of rotatable bonds is 3. The van der Waals surface area contributed by atoms with Crippen LogP contribution in [0.5, 0.6) is 0 Å². The van der Waals surface area contributed by atoms with E-state index in [0.717, 1.165) is 40.9 Å². The number of anilines is 1. The van der Waals surface area contributed by atoms with Crippen LogP contribution in [-0.2, 0) is 4.74 Å². The number of ether oxygens (including phenoxy) is 1. The van der Waals surface area contributed by atoms with E-state index in [0.29, 0.717) is 32.8 Å². The normalized spacial score (nSPS) is 19.6. The Kier molecular flexibility index (Phi) is 5.39. The van der Waals surface area contributed by atoms with Crippen LogP contribution in [-0.4, -0.2) is 76.8 Å². The third kappa shape index (κ3) is 3.91. The molecule has 1 aromatic carbocycles. The summed E-state index contributed by atoms with van der Waals surface area (Å²) in [6.45, 7) is 6.98. The van der Waals surface area contributed by atoms with Crippen LogP contribution in [0, 0.1) is 6.92 Å². The van der Waals surface area contributed by atoms with Gasteiger partial charge in [0.1, 0.15) is 11.8 Å². The maximum Gasteiger partial charge on any atom is 0.436 e. The molecule has 0 bridgehead atoms. The summed E-state index contributed by atoms with van der Waals surface area (Å²) < 4.78 is 5.48. The summed E-state index contributed by atoms with van der Waals surface area (Å²) in [6.07, 6.45) is 4.43. The highest BCUT2D eigenvalue weighted by molar-refractivity contribution is 5.85. The van der Waals surface area contributed by atoms with Gasteiger partial charge in [0.15, 0.2) is 0 Å². The third-order valence-corrected chi connectivity index (χ3v) is 5.79. The second kappa shape index (κ2) is 8.48. The van der Waals surface area contributed by atoms with Gasteiger partial charge in [-0.2, -0.15) is 0 Å². The molecule has 1 unspecified atom stereocenters. The Bertz CT molecular complexity index is 1070. The Balaban J connectivity index is 1.41. The highest BCUT2D eigenvalue weighted by atomic mass is 16.7. The Morgan fingerprint density at radius 1 is 1.26 bits per heavy atom. The van der Waals surface area contributed by atoms with E-state index < -0.39 is 6.09 Å². The minimum Gasteiger partial charge on any atom is -0.378 e. The summed E-state index contributed by atoms with van der Waals surface area (Å²) >= 11 is 0. The van der Waals surface area contributed by atoms with E-state index in [1.165, 1.54) is 11.2 Å². The lowest BCUT2D eigenvalue weighted by Crippen LogP contribution is -2.51.